The van der Waals surface area contributed by atoms with Crippen LogP contribution in [0.3, 0.4) is 0 Å². The predicted molar refractivity (Wildman–Crippen MR) is 65.5 cm³/mol. The van der Waals surface area contributed by atoms with Crippen LogP contribution >= 0.6 is 15.9 Å². The second kappa shape index (κ2) is 11.0. The summed E-state index contributed by atoms with van der Waals surface area (Å²) in [6.45, 7) is 0. The summed E-state index contributed by atoms with van der Waals surface area (Å²) in [5.74, 6) is 0. The van der Waals surface area contributed by atoms with Gasteiger partial charge in [0.25, 0.3) is 0 Å². The van der Waals surface area contributed by atoms with Gasteiger partial charge >= 0.3 is 26.2 Å². The molecular formula is C13H10BrCl2NZr. The minimum atomic E-state index is 0. The van der Waals surface area contributed by atoms with E-state index in [2.05, 4.69) is 39.1 Å². The van der Waals surface area contributed by atoms with Crippen LogP contribution in [0.25, 0.3) is 11.3 Å². The second-order valence-electron chi connectivity index (χ2n) is 3.10. The van der Waals surface area contributed by atoms with Crippen LogP contribution in [0.1, 0.15) is 6.42 Å². The largest absolute Gasteiger partial charge is 4.00 e. The van der Waals surface area contributed by atoms with Gasteiger partial charge in [0.05, 0.1) is 0 Å². The molecule has 1 heterocycles. The minimum absolute atomic E-state index is 0. The molecule has 3 aliphatic rings. The van der Waals surface area contributed by atoms with Gasteiger partial charge in [0.2, 0.25) is 0 Å². The van der Waals surface area contributed by atoms with E-state index in [0.717, 1.165) is 16.6 Å². The average Bonchev–Trinajstić information content (AvgIpc) is 2.93. The van der Waals surface area contributed by atoms with Crippen molar-refractivity contribution >= 4 is 15.9 Å². The number of fused-ring (bicyclic) bond motifs is 1. The van der Waals surface area contributed by atoms with E-state index in [0.29, 0.717) is 0 Å². The van der Waals surface area contributed by atoms with E-state index in [4.69, 9.17) is 0 Å². The molecule has 0 aromatic carbocycles. The zero-order chi connectivity index (χ0) is 10.5. The number of hydrogen-bond donors (Lipinski definition) is 1. The molecule has 3 rings (SSSR count). The van der Waals surface area contributed by atoms with Crippen LogP contribution in [0.5, 0.6) is 0 Å². The first-order valence-electron chi connectivity index (χ1n) is 4.73. The molecular weight excluding hydrogens is 412 g/mol. The summed E-state index contributed by atoms with van der Waals surface area (Å²) < 4.78 is 1.02. The van der Waals surface area contributed by atoms with E-state index in [1.807, 2.05) is 30.4 Å². The number of nitrogens with one attached hydrogen (secondary N) is 1. The maximum Gasteiger partial charge on any atom is 4.00 e. The summed E-state index contributed by atoms with van der Waals surface area (Å²) in [6.07, 6.45) is 11.8. The van der Waals surface area contributed by atoms with Crippen LogP contribution in [-0.2, 0) is 26.2 Å². The van der Waals surface area contributed by atoms with Gasteiger partial charge in [-0.15, -0.1) is 22.5 Å². The smallest absolute Gasteiger partial charge is 1.00 e. The summed E-state index contributed by atoms with van der Waals surface area (Å²) in [7, 11) is 0. The fourth-order valence-corrected chi connectivity index (χ4v) is 1.79. The molecule has 0 aromatic heterocycles. The van der Waals surface area contributed by atoms with Crippen molar-refractivity contribution in [2.45, 2.75) is 6.42 Å². The Kier molecular flexibility index (Phi) is 12.6. The molecule has 0 unspecified atom stereocenters. The molecule has 1 N–H and O–H groups in total. The molecule has 18 heavy (non-hydrogen) atoms. The third kappa shape index (κ3) is 5.88. The van der Waals surface area contributed by atoms with Gasteiger partial charge < -0.3 is 29.8 Å². The first kappa shape index (κ1) is 20.5. The van der Waals surface area contributed by atoms with Crippen molar-refractivity contribution in [1.29, 1.82) is 0 Å². The molecule has 1 nitrogen and oxygen atoms in total. The van der Waals surface area contributed by atoms with Gasteiger partial charge in [0.15, 0.2) is 0 Å². The number of aromatic amines is 1. The quantitative estimate of drug-likeness (QED) is 0.473. The van der Waals surface area contributed by atoms with Crippen molar-refractivity contribution in [3.05, 3.63) is 59.2 Å². The van der Waals surface area contributed by atoms with Gasteiger partial charge in [0, 0.05) is 0 Å². The molecule has 0 atom stereocenters. The monoisotopic (exact) mass is 419 g/mol. The molecule has 0 aromatic rings. The van der Waals surface area contributed by atoms with Crippen molar-refractivity contribution < 1.29 is 51.0 Å². The molecule has 2 aliphatic carbocycles. The van der Waals surface area contributed by atoms with Crippen LogP contribution in [-0.4, -0.2) is 4.98 Å². The first-order chi connectivity index (χ1) is 7.38. The Morgan fingerprint density at radius 3 is 2.50 bits per heavy atom. The maximum atomic E-state index is 3.40. The fraction of sp³-hybridized carbons (Fsp3) is 0.0769. The van der Waals surface area contributed by atoms with Crippen LogP contribution in [0.4, 0.5) is 0 Å². The first-order valence-corrected chi connectivity index (χ1v) is 5.52. The van der Waals surface area contributed by atoms with Crippen LogP contribution in [0.15, 0.2) is 47.1 Å². The number of rotatable bonds is 0. The molecule has 0 radical (unpaired) electrons. The Morgan fingerprint density at radius 2 is 2.00 bits per heavy atom. The fourth-order valence-electron chi connectivity index (χ4n) is 1.33. The Balaban J connectivity index is 0. The van der Waals surface area contributed by atoms with Gasteiger partial charge in [-0.1, -0.05) is 34.3 Å². The molecule has 5 heteroatoms. The van der Waals surface area contributed by atoms with E-state index in [-0.39, 0.29) is 51.0 Å². The molecule has 92 valence electrons. The standard InChI is InChI=1S/C8H5BrN.C5H5.2ClH.Zr/c9-7-4-5-10-8-3-1-2-6(7)8;1-2-4-5-3-1;;;/h1-3,5,10H;1-3H,4H2;2*1H;/q2*-1;;;+4/p-2. The van der Waals surface area contributed by atoms with E-state index < -0.39 is 0 Å². The van der Waals surface area contributed by atoms with Gasteiger partial charge in [-0.25, -0.2) is 18.2 Å². The Labute approximate surface area is 148 Å². The summed E-state index contributed by atoms with van der Waals surface area (Å²) >= 11 is 3.40. The topological polar surface area (TPSA) is 15.8 Å². The molecule has 1 aliphatic heterocycles. The number of H-pyrrole nitrogens is 1. The molecule has 0 saturated heterocycles. The summed E-state index contributed by atoms with van der Waals surface area (Å²) in [5, 5.41) is 0. The van der Waals surface area contributed by atoms with E-state index in [1.165, 1.54) is 5.56 Å². The zero-order valence-corrected chi connectivity index (χ0v) is 14.9. The predicted octanol–water partition coefficient (Wildman–Crippen LogP) is -2.01. The SMILES string of the molecule is Brc1[c-]c[nH]c2cccc1-2.[C-]1=CC=CC1.[Cl-].[Cl-].[Zr+4]. The van der Waals surface area contributed by atoms with Gasteiger partial charge in [0.1, 0.15) is 0 Å². The van der Waals surface area contributed by atoms with Crippen molar-refractivity contribution in [2.24, 2.45) is 0 Å². The van der Waals surface area contributed by atoms with Crippen LogP contribution in [0, 0.1) is 12.1 Å². The van der Waals surface area contributed by atoms with Crippen molar-refractivity contribution in [3.63, 3.8) is 0 Å². The van der Waals surface area contributed by atoms with Gasteiger partial charge in [-0.3, -0.25) is 6.08 Å². The average molecular weight is 422 g/mol. The van der Waals surface area contributed by atoms with E-state index >= 15 is 0 Å². The number of aromatic nitrogens is 1. The van der Waals surface area contributed by atoms with E-state index in [9.17, 15) is 0 Å². The third-order valence-corrected chi connectivity index (χ3v) is 2.72. The van der Waals surface area contributed by atoms with Gasteiger partial charge in [-0.05, 0) is 5.69 Å². The molecule has 0 amide bonds. The number of allylic oxidation sites excluding steroid dienone is 4. The second-order valence-corrected chi connectivity index (χ2v) is 3.90. The number of hydrogen-bond acceptors (Lipinski definition) is 0. The van der Waals surface area contributed by atoms with Gasteiger partial charge in [-0.2, -0.15) is 6.08 Å². The number of pyridine rings is 1. The van der Waals surface area contributed by atoms with Crippen molar-refractivity contribution in [1.82, 2.24) is 4.98 Å². The van der Waals surface area contributed by atoms with Crippen molar-refractivity contribution in [3.8, 4) is 11.3 Å². The van der Waals surface area contributed by atoms with Crippen LogP contribution in [0.2, 0.25) is 0 Å². The molecule has 0 saturated carbocycles. The Hall–Kier alpha value is 0.183. The Morgan fingerprint density at radius 1 is 1.22 bits per heavy atom. The Bertz CT molecular complexity index is 458. The van der Waals surface area contributed by atoms with Crippen LogP contribution < -0.4 is 24.8 Å². The molecule has 0 fully saturated rings. The zero-order valence-electron chi connectivity index (χ0n) is 9.38. The molecule has 0 spiro atoms. The molecule has 0 bridgehead atoms. The maximum absolute atomic E-state index is 3.40. The minimum Gasteiger partial charge on any atom is -1.00 e. The summed E-state index contributed by atoms with van der Waals surface area (Å²) in [6, 6.07) is 9.12. The van der Waals surface area contributed by atoms with E-state index in [1.54, 1.807) is 6.20 Å². The number of halogens is 3. The summed E-state index contributed by atoms with van der Waals surface area (Å²) in [5.41, 5.74) is 2.33. The van der Waals surface area contributed by atoms with Crippen molar-refractivity contribution in [2.75, 3.05) is 0 Å². The normalized spacial score (nSPS) is 10.7. The third-order valence-electron chi connectivity index (χ3n) is 2.06. The summed E-state index contributed by atoms with van der Waals surface area (Å²) in [4.78, 5) is 3.09.